The molecule has 1 rings (SSSR count). The number of sulfonamides is 1. The normalized spacial score (nSPS) is 12.6. The molecule has 0 saturated carbocycles. The molecule has 0 saturated heterocycles. The number of nitrogens with zero attached hydrogens (tertiary/aromatic N) is 1. The van der Waals surface area contributed by atoms with Crippen LogP contribution in [-0.4, -0.2) is 52.1 Å². The fourth-order valence-corrected chi connectivity index (χ4v) is 3.22. The fourth-order valence-electron chi connectivity index (χ4n) is 1.52. The lowest BCUT2D eigenvalue weighted by Crippen LogP contribution is -2.29. The van der Waals surface area contributed by atoms with Gasteiger partial charge in [-0.05, 0) is 30.7 Å². The summed E-state index contributed by atoms with van der Waals surface area (Å²) in [6.07, 6.45) is 0.0186. The van der Waals surface area contributed by atoms with Crippen molar-refractivity contribution >= 4 is 20.1 Å². The van der Waals surface area contributed by atoms with Crippen LogP contribution in [0.3, 0.4) is 0 Å². The minimum Gasteiger partial charge on any atom is -0.497 e. The number of benzene rings is 1. The van der Waals surface area contributed by atoms with E-state index in [-0.39, 0.29) is 17.9 Å². The molecular weight excluding hydrogens is 306 g/mol. The zero-order valence-corrected chi connectivity index (χ0v) is 12.8. The van der Waals surface area contributed by atoms with Crippen molar-refractivity contribution in [1.29, 1.82) is 0 Å². The maximum Gasteiger partial charge on any atom is 0.264 e. The summed E-state index contributed by atoms with van der Waals surface area (Å²) in [6.45, 7) is -0.00580. The second kappa shape index (κ2) is 6.53. The van der Waals surface area contributed by atoms with Gasteiger partial charge in [-0.1, -0.05) is 0 Å². The second-order valence-electron chi connectivity index (χ2n) is 4.14. The van der Waals surface area contributed by atoms with E-state index < -0.39 is 25.9 Å². The molecule has 9 heteroatoms. The third-order valence-electron chi connectivity index (χ3n) is 2.64. The molecule has 1 N–H and O–H groups in total. The summed E-state index contributed by atoms with van der Waals surface area (Å²) in [4.78, 5) is 0.0904. The summed E-state index contributed by atoms with van der Waals surface area (Å²) in [7, 11) is -4.93. The molecule has 0 amide bonds. The summed E-state index contributed by atoms with van der Waals surface area (Å²) in [5.74, 6) is 0.0631. The number of ether oxygens (including phenoxy) is 1. The monoisotopic (exact) mass is 323 g/mol. The van der Waals surface area contributed by atoms with Crippen LogP contribution in [0.1, 0.15) is 6.42 Å². The largest absolute Gasteiger partial charge is 0.497 e. The predicted molar refractivity (Wildman–Crippen MR) is 73.8 cm³/mol. The lowest BCUT2D eigenvalue weighted by Gasteiger charge is -2.16. The maximum absolute atomic E-state index is 12.2. The van der Waals surface area contributed by atoms with Gasteiger partial charge in [0.15, 0.2) is 0 Å². The molecule has 7 nitrogen and oxygen atoms in total. The van der Waals surface area contributed by atoms with Crippen LogP contribution in [-0.2, 0) is 20.1 Å². The molecule has 0 aliphatic carbocycles. The van der Waals surface area contributed by atoms with Crippen molar-refractivity contribution in [2.75, 3.05) is 26.5 Å². The van der Waals surface area contributed by atoms with Crippen LogP contribution in [0, 0.1) is 0 Å². The van der Waals surface area contributed by atoms with E-state index in [4.69, 9.17) is 9.29 Å². The Kier molecular flexibility index (Phi) is 5.51. The van der Waals surface area contributed by atoms with E-state index in [2.05, 4.69) is 0 Å². The van der Waals surface area contributed by atoms with Crippen molar-refractivity contribution in [3.63, 3.8) is 0 Å². The van der Waals surface area contributed by atoms with E-state index >= 15 is 0 Å². The van der Waals surface area contributed by atoms with E-state index in [0.29, 0.717) is 5.75 Å². The average molecular weight is 323 g/mol. The number of methoxy groups -OCH3 is 1. The van der Waals surface area contributed by atoms with Crippen molar-refractivity contribution in [3.8, 4) is 5.75 Å². The van der Waals surface area contributed by atoms with Crippen molar-refractivity contribution in [2.24, 2.45) is 0 Å². The topological polar surface area (TPSA) is 101 Å². The Morgan fingerprint density at radius 2 is 1.70 bits per heavy atom. The third-order valence-corrected chi connectivity index (χ3v) is 5.32. The van der Waals surface area contributed by atoms with Gasteiger partial charge in [-0.15, -0.1) is 0 Å². The van der Waals surface area contributed by atoms with Crippen LogP contribution < -0.4 is 4.74 Å². The highest BCUT2D eigenvalue weighted by Crippen LogP contribution is 2.18. The fraction of sp³-hybridized carbons (Fsp3) is 0.455. The first kappa shape index (κ1) is 16.9. The molecule has 1 aromatic carbocycles. The van der Waals surface area contributed by atoms with E-state index in [9.17, 15) is 16.8 Å². The first-order chi connectivity index (χ1) is 9.16. The zero-order valence-electron chi connectivity index (χ0n) is 11.2. The van der Waals surface area contributed by atoms with E-state index in [1.807, 2.05) is 0 Å². The van der Waals surface area contributed by atoms with Crippen LogP contribution in [0.5, 0.6) is 5.75 Å². The standard InChI is InChI=1S/C11H17NO6S2/c1-12(8-3-9-19(13,14)15)20(16,17)11-6-4-10(18-2)5-7-11/h4-7H,3,8-9H2,1-2H3,(H,13,14,15). The molecule has 0 fully saturated rings. The Morgan fingerprint density at radius 1 is 1.15 bits per heavy atom. The van der Waals surface area contributed by atoms with Crippen molar-refractivity contribution < 1.29 is 26.1 Å². The average Bonchev–Trinajstić information content (AvgIpc) is 2.37. The van der Waals surface area contributed by atoms with Crippen LogP contribution in [0.2, 0.25) is 0 Å². The van der Waals surface area contributed by atoms with Gasteiger partial charge < -0.3 is 4.74 Å². The van der Waals surface area contributed by atoms with E-state index in [1.165, 1.54) is 38.4 Å². The van der Waals surface area contributed by atoms with E-state index in [0.717, 1.165) is 4.31 Å². The summed E-state index contributed by atoms with van der Waals surface area (Å²) >= 11 is 0. The van der Waals surface area contributed by atoms with Crippen LogP contribution in [0.25, 0.3) is 0 Å². The van der Waals surface area contributed by atoms with Gasteiger partial charge in [-0.25, -0.2) is 12.7 Å². The Balaban J connectivity index is 2.76. The Hall–Kier alpha value is -1.16. The van der Waals surface area contributed by atoms with Gasteiger partial charge in [-0.3, -0.25) is 4.55 Å². The quantitative estimate of drug-likeness (QED) is 0.737. The highest BCUT2D eigenvalue weighted by Gasteiger charge is 2.20. The van der Waals surface area contributed by atoms with Crippen LogP contribution in [0.4, 0.5) is 0 Å². The first-order valence-corrected chi connectivity index (χ1v) is 8.77. The Labute approximate surface area is 119 Å². The Bertz CT molecular complexity index is 636. The van der Waals surface area contributed by atoms with Gasteiger partial charge >= 0.3 is 0 Å². The predicted octanol–water partition coefficient (Wildman–Crippen LogP) is 0.594. The molecular formula is C11H17NO6S2. The summed E-state index contributed by atoms with van der Waals surface area (Å²) < 4.78 is 60.1. The Morgan fingerprint density at radius 3 is 2.15 bits per heavy atom. The summed E-state index contributed by atoms with van der Waals surface area (Å²) in [5, 5.41) is 0. The van der Waals surface area contributed by atoms with Gasteiger partial charge in [-0.2, -0.15) is 8.42 Å². The molecule has 0 aliphatic heterocycles. The zero-order chi connectivity index (χ0) is 15.4. The number of hydrogen-bond acceptors (Lipinski definition) is 5. The summed E-state index contributed by atoms with van der Waals surface area (Å²) in [6, 6.07) is 5.87. The number of hydrogen-bond donors (Lipinski definition) is 1. The molecule has 0 aromatic heterocycles. The molecule has 1 aromatic rings. The van der Waals surface area contributed by atoms with Crippen LogP contribution in [0.15, 0.2) is 29.2 Å². The van der Waals surface area contributed by atoms with Gasteiger partial charge in [0.1, 0.15) is 5.75 Å². The minimum atomic E-state index is -4.08. The van der Waals surface area contributed by atoms with Crippen molar-refractivity contribution in [3.05, 3.63) is 24.3 Å². The molecule has 0 spiro atoms. The van der Waals surface area contributed by atoms with Gasteiger partial charge in [0.05, 0.1) is 17.8 Å². The lowest BCUT2D eigenvalue weighted by atomic mass is 10.3. The van der Waals surface area contributed by atoms with E-state index in [1.54, 1.807) is 0 Å². The third kappa shape index (κ3) is 4.75. The first-order valence-electron chi connectivity index (χ1n) is 5.72. The second-order valence-corrected chi connectivity index (χ2v) is 7.76. The molecule has 0 aliphatic rings. The SMILES string of the molecule is COc1ccc(S(=O)(=O)N(C)CCCS(=O)(=O)O)cc1. The molecule has 0 atom stereocenters. The molecule has 0 bridgehead atoms. The van der Waals surface area contributed by atoms with Crippen LogP contribution >= 0.6 is 0 Å². The van der Waals surface area contributed by atoms with Crippen molar-refractivity contribution in [1.82, 2.24) is 4.31 Å². The number of rotatable bonds is 7. The molecule has 0 heterocycles. The molecule has 20 heavy (non-hydrogen) atoms. The summed E-state index contributed by atoms with van der Waals surface area (Å²) in [5.41, 5.74) is 0. The molecule has 114 valence electrons. The molecule has 0 unspecified atom stereocenters. The minimum absolute atomic E-state index is 0.00580. The lowest BCUT2D eigenvalue weighted by molar-refractivity contribution is 0.414. The van der Waals surface area contributed by atoms with Gasteiger partial charge in [0.2, 0.25) is 10.0 Å². The smallest absolute Gasteiger partial charge is 0.264 e. The van der Waals surface area contributed by atoms with Gasteiger partial charge in [0, 0.05) is 13.6 Å². The van der Waals surface area contributed by atoms with Gasteiger partial charge in [0.25, 0.3) is 10.1 Å². The maximum atomic E-state index is 12.2. The highest BCUT2D eigenvalue weighted by molar-refractivity contribution is 7.89. The van der Waals surface area contributed by atoms with Crippen molar-refractivity contribution in [2.45, 2.75) is 11.3 Å². The highest BCUT2D eigenvalue weighted by atomic mass is 32.2. The molecule has 0 radical (unpaired) electrons.